The Labute approximate surface area is 161 Å². The van der Waals surface area contributed by atoms with Crippen molar-refractivity contribution in [1.29, 1.82) is 0 Å². The van der Waals surface area contributed by atoms with Crippen molar-refractivity contribution in [2.75, 3.05) is 13.1 Å². The van der Waals surface area contributed by atoms with Gasteiger partial charge in [0.2, 0.25) is 17.7 Å². The van der Waals surface area contributed by atoms with Crippen LogP contribution in [-0.4, -0.2) is 87.2 Å². The van der Waals surface area contributed by atoms with E-state index < -0.39 is 60.4 Å². The summed E-state index contributed by atoms with van der Waals surface area (Å²) in [6.45, 7) is 1.05. The molecule has 4 unspecified atom stereocenters. The van der Waals surface area contributed by atoms with Gasteiger partial charge in [0.25, 0.3) is 0 Å². The zero-order valence-electron chi connectivity index (χ0n) is 15.5. The zero-order valence-corrected chi connectivity index (χ0v) is 15.5. The van der Waals surface area contributed by atoms with Crippen LogP contribution in [0.2, 0.25) is 0 Å². The summed E-state index contributed by atoms with van der Waals surface area (Å²) < 4.78 is 0. The van der Waals surface area contributed by atoms with Gasteiger partial charge in [-0.05, 0) is 26.2 Å². The maximum atomic E-state index is 12.3. The summed E-state index contributed by atoms with van der Waals surface area (Å²) >= 11 is 0. The number of aliphatic hydroxyl groups is 1. The molecular formula is C16H26N4O8. The fourth-order valence-electron chi connectivity index (χ4n) is 2.78. The van der Waals surface area contributed by atoms with Crippen molar-refractivity contribution in [3.63, 3.8) is 0 Å². The third kappa shape index (κ3) is 6.78. The average Bonchev–Trinajstić information content (AvgIpc) is 3.10. The van der Waals surface area contributed by atoms with E-state index in [1.165, 1.54) is 11.8 Å². The number of nitrogens with zero attached hydrogens (tertiary/aromatic N) is 1. The normalized spacial score (nSPS) is 19.4. The predicted molar refractivity (Wildman–Crippen MR) is 93.8 cm³/mol. The highest BCUT2D eigenvalue weighted by atomic mass is 16.4. The fraction of sp³-hybridized carbons (Fsp3) is 0.688. The predicted octanol–water partition coefficient (Wildman–Crippen LogP) is -2.76. The van der Waals surface area contributed by atoms with Gasteiger partial charge in [-0.15, -0.1) is 0 Å². The molecule has 1 fully saturated rings. The molecule has 0 aromatic carbocycles. The summed E-state index contributed by atoms with van der Waals surface area (Å²) in [6.07, 6.45) is -0.859. The molecule has 0 aliphatic carbocycles. The Balaban J connectivity index is 2.60. The maximum Gasteiger partial charge on any atom is 0.328 e. The molecule has 12 heteroatoms. The first kappa shape index (κ1) is 23.3. The summed E-state index contributed by atoms with van der Waals surface area (Å²) in [5, 5.41) is 31.6. The second-order valence-electron chi connectivity index (χ2n) is 6.57. The van der Waals surface area contributed by atoms with E-state index in [0.717, 1.165) is 0 Å². The molecule has 28 heavy (non-hydrogen) atoms. The van der Waals surface area contributed by atoms with Crippen LogP contribution in [0.15, 0.2) is 0 Å². The van der Waals surface area contributed by atoms with E-state index >= 15 is 0 Å². The molecule has 1 heterocycles. The smallest absolute Gasteiger partial charge is 0.328 e. The van der Waals surface area contributed by atoms with Crippen molar-refractivity contribution in [1.82, 2.24) is 15.5 Å². The van der Waals surface area contributed by atoms with E-state index in [1.54, 1.807) is 0 Å². The summed E-state index contributed by atoms with van der Waals surface area (Å²) in [5.41, 5.74) is 5.55. The Bertz CT molecular complexity index is 624. The van der Waals surface area contributed by atoms with Gasteiger partial charge in [-0.3, -0.25) is 19.2 Å². The fourth-order valence-corrected chi connectivity index (χ4v) is 2.78. The van der Waals surface area contributed by atoms with Crippen molar-refractivity contribution < 1.29 is 39.3 Å². The van der Waals surface area contributed by atoms with Crippen LogP contribution in [0.25, 0.3) is 0 Å². The summed E-state index contributed by atoms with van der Waals surface area (Å²) in [7, 11) is 0. The van der Waals surface area contributed by atoms with Crippen molar-refractivity contribution in [2.45, 2.75) is 56.8 Å². The van der Waals surface area contributed by atoms with Crippen LogP contribution in [0.5, 0.6) is 0 Å². The third-order valence-electron chi connectivity index (χ3n) is 4.34. The molecule has 7 N–H and O–H groups in total. The lowest BCUT2D eigenvalue weighted by molar-refractivity contribution is -0.146. The van der Waals surface area contributed by atoms with E-state index in [2.05, 4.69) is 10.6 Å². The van der Waals surface area contributed by atoms with Gasteiger partial charge in [0.1, 0.15) is 6.04 Å². The number of carbonyl (C=O) groups excluding carboxylic acids is 3. The van der Waals surface area contributed by atoms with Crippen LogP contribution in [-0.2, 0) is 24.0 Å². The van der Waals surface area contributed by atoms with Crippen LogP contribution >= 0.6 is 0 Å². The van der Waals surface area contributed by atoms with Gasteiger partial charge in [0.05, 0.1) is 18.7 Å². The van der Waals surface area contributed by atoms with E-state index in [9.17, 15) is 29.1 Å². The number of aliphatic hydroxyl groups excluding tert-OH is 1. The van der Waals surface area contributed by atoms with Gasteiger partial charge >= 0.3 is 11.9 Å². The average molecular weight is 402 g/mol. The highest BCUT2D eigenvalue weighted by Gasteiger charge is 2.36. The lowest BCUT2D eigenvalue weighted by atomic mass is 10.1. The second kappa shape index (κ2) is 10.6. The number of carboxylic acids is 2. The van der Waals surface area contributed by atoms with Gasteiger partial charge in [0.15, 0.2) is 6.04 Å². The molecule has 1 aliphatic heterocycles. The minimum Gasteiger partial charge on any atom is -0.481 e. The number of hydrogen-bond donors (Lipinski definition) is 6. The van der Waals surface area contributed by atoms with Crippen molar-refractivity contribution >= 4 is 29.7 Å². The van der Waals surface area contributed by atoms with Crippen molar-refractivity contribution in [3.8, 4) is 0 Å². The van der Waals surface area contributed by atoms with E-state index in [4.69, 9.17) is 15.9 Å². The van der Waals surface area contributed by atoms with Crippen LogP contribution in [0.1, 0.15) is 32.6 Å². The third-order valence-corrected chi connectivity index (χ3v) is 4.34. The van der Waals surface area contributed by atoms with Crippen molar-refractivity contribution in [3.05, 3.63) is 0 Å². The molecule has 12 nitrogen and oxygen atoms in total. The van der Waals surface area contributed by atoms with E-state index in [1.807, 2.05) is 0 Å². The standard InChI is InChI=1S/C16H26N4O8/c1-8(21)13(16(27)28)19-15(26)10-3-2-6-20(10)11(22)7-18-14(25)9(17)4-5-12(23)24/h8-10,13,21H,2-7,17H2,1H3,(H,18,25)(H,19,26)(H,23,24)(H,27,28). The minimum atomic E-state index is -1.50. The first-order valence-electron chi connectivity index (χ1n) is 8.80. The number of hydrogen-bond acceptors (Lipinski definition) is 7. The zero-order chi connectivity index (χ0) is 21.4. The molecule has 158 valence electrons. The second-order valence-corrected chi connectivity index (χ2v) is 6.57. The molecule has 4 atom stereocenters. The number of amides is 3. The SMILES string of the molecule is CC(O)C(NC(=O)C1CCCN1C(=O)CNC(=O)C(N)CCC(=O)O)C(=O)O. The number of carboxylic acid groups (broad SMARTS) is 2. The van der Waals surface area contributed by atoms with Crippen LogP contribution in [0, 0.1) is 0 Å². The lowest BCUT2D eigenvalue weighted by Gasteiger charge is -2.26. The van der Waals surface area contributed by atoms with Crippen LogP contribution in [0.3, 0.4) is 0 Å². The van der Waals surface area contributed by atoms with E-state index in [0.29, 0.717) is 12.8 Å². The minimum absolute atomic E-state index is 0.0833. The number of carbonyl (C=O) groups is 5. The quantitative estimate of drug-likeness (QED) is 0.224. The van der Waals surface area contributed by atoms with Gasteiger partial charge < -0.3 is 36.6 Å². The molecular weight excluding hydrogens is 376 g/mol. The highest BCUT2D eigenvalue weighted by molar-refractivity contribution is 5.93. The van der Waals surface area contributed by atoms with Gasteiger partial charge in [-0.1, -0.05) is 0 Å². The van der Waals surface area contributed by atoms with Gasteiger partial charge in [-0.25, -0.2) is 4.79 Å². The molecule has 1 rings (SSSR count). The Morgan fingerprint density at radius 2 is 1.86 bits per heavy atom. The van der Waals surface area contributed by atoms with E-state index in [-0.39, 0.29) is 19.4 Å². The largest absolute Gasteiger partial charge is 0.481 e. The molecule has 3 amide bonds. The highest BCUT2D eigenvalue weighted by Crippen LogP contribution is 2.17. The van der Waals surface area contributed by atoms with Crippen molar-refractivity contribution in [2.24, 2.45) is 5.73 Å². The number of nitrogens with two attached hydrogens (primary N) is 1. The maximum absolute atomic E-state index is 12.3. The molecule has 0 saturated carbocycles. The first-order chi connectivity index (χ1) is 13.0. The number of nitrogens with one attached hydrogen (secondary N) is 2. The Morgan fingerprint density at radius 3 is 2.39 bits per heavy atom. The van der Waals surface area contributed by atoms with Gasteiger partial charge in [0, 0.05) is 13.0 Å². The Hall–Kier alpha value is -2.73. The van der Waals surface area contributed by atoms with Gasteiger partial charge in [-0.2, -0.15) is 0 Å². The number of rotatable bonds is 10. The summed E-state index contributed by atoms with van der Waals surface area (Å²) in [6, 6.07) is -3.49. The molecule has 1 aliphatic rings. The monoisotopic (exact) mass is 402 g/mol. The molecule has 0 spiro atoms. The molecule has 0 bridgehead atoms. The summed E-state index contributed by atoms with van der Waals surface area (Å²) in [4.78, 5) is 59.3. The first-order valence-corrected chi connectivity index (χ1v) is 8.80. The molecule has 0 aromatic rings. The molecule has 1 saturated heterocycles. The summed E-state index contributed by atoms with van der Waals surface area (Å²) in [5.74, 6) is -4.44. The lowest BCUT2D eigenvalue weighted by Crippen LogP contribution is -2.55. The number of aliphatic carboxylic acids is 2. The Morgan fingerprint density at radius 1 is 1.21 bits per heavy atom. The molecule has 0 radical (unpaired) electrons. The van der Waals surface area contributed by atoms with Crippen LogP contribution in [0.4, 0.5) is 0 Å². The Kier molecular flexibility index (Phi) is 8.79. The topological polar surface area (TPSA) is 199 Å². The number of likely N-dealkylation sites (tertiary alicyclic amines) is 1. The molecule has 0 aromatic heterocycles. The van der Waals surface area contributed by atoms with Crippen LogP contribution < -0.4 is 16.4 Å².